The van der Waals surface area contributed by atoms with Crippen LogP contribution >= 0.6 is 0 Å². The van der Waals surface area contributed by atoms with Gasteiger partial charge in [-0.2, -0.15) is 0 Å². The van der Waals surface area contributed by atoms with Crippen LogP contribution in [0.4, 0.5) is 5.69 Å². The van der Waals surface area contributed by atoms with Gasteiger partial charge >= 0.3 is 0 Å². The predicted molar refractivity (Wildman–Crippen MR) is 78.8 cm³/mol. The Morgan fingerprint density at radius 2 is 2.20 bits per heavy atom. The Labute approximate surface area is 118 Å². The average Bonchev–Trinajstić information content (AvgIpc) is 2.46. The molecule has 2 rings (SSSR count). The maximum atomic E-state index is 12.2. The molecule has 1 heterocycles. The van der Waals surface area contributed by atoms with Gasteiger partial charge in [-0.25, -0.2) is 0 Å². The molecule has 0 spiro atoms. The molecule has 4 nitrogen and oxygen atoms in total. The quantitative estimate of drug-likeness (QED) is 0.907. The van der Waals surface area contributed by atoms with Gasteiger partial charge in [0.25, 0.3) is 5.91 Å². The number of hydrogen-bond acceptors (Lipinski definition) is 3. The smallest absolute Gasteiger partial charge is 0.265 e. The molecule has 1 amide bonds. The van der Waals surface area contributed by atoms with Gasteiger partial charge in [-0.3, -0.25) is 9.78 Å². The van der Waals surface area contributed by atoms with Crippen LogP contribution in [0.15, 0.2) is 48.8 Å². The highest BCUT2D eigenvalue weighted by Gasteiger charge is 2.18. The van der Waals surface area contributed by atoms with Gasteiger partial charge in [-0.15, -0.1) is 0 Å². The van der Waals surface area contributed by atoms with E-state index in [1.807, 2.05) is 38.1 Å². The zero-order valence-corrected chi connectivity index (χ0v) is 11.7. The Kier molecular flexibility index (Phi) is 4.71. The molecular weight excluding hydrogens is 252 g/mol. The lowest BCUT2D eigenvalue weighted by Gasteiger charge is -2.17. The van der Waals surface area contributed by atoms with E-state index in [2.05, 4.69) is 10.3 Å². The van der Waals surface area contributed by atoms with Crippen LogP contribution < -0.4 is 10.1 Å². The monoisotopic (exact) mass is 270 g/mol. The van der Waals surface area contributed by atoms with Crippen molar-refractivity contribution in [3.8, 4) is 5.75 Å². The number of benzene rings is 1. The van der Waals surface area contributed by atoms with Crippen molar-refractivity contribution in [1.29, 1.82) is 0 Å². The third-order valence-corrected chi connectivity index (χ3v) is 2.86. The van der Waals surface area contributed by atoms with Gasteiger partial charge in [-0.05, 0) is 43.2 Å². The van der Waals surface area contributed by atoms with E-state index in [4.69, 9.17) is 4.74 Å². The Balaban J connectivity index is 2.02. The fourth-order valence-corrected chi connectivity index (χ4v) is 1.83. The molecule has 0 bridgehead atoms. The standard InChI is InChI=1S/C16H18N2O2/c1-3-15(20-14-8-4-6-12(2)10-14)16(19)18-13-7-5-9-17-11-13/h4-11,15H,3H2,1-2H3,(H,18,19)/t15-/m0/s1. The number of nitrogens with one attached hydrogen (secondary N) is 1. The predicted octanol–water partition coefficient (Wildman–Crippen LogP) is 3.19. The number of carbonyl (C=O) groups excluding carboxylic acids is 1. The van der Waals surface area contributed by atoms with E-state index in [0.29, 0.717) is 17.9 Å². The summed E-state index contributed by atoms with van der Waals surface area (Å²) in [5, 5.41) is 2.80. The molecule has 0 radical (unpaired) electrons. The Bertz CT molecular complexity index is 570. The van der Waals surface area contributed by atoms with Gasteiger partial charge in [0.1, 0.15) is 5.75 Å². The molecule has 0 fully saturated rings. The minimum Gasteiger partial charge on any atom is -0.481 e. The second-order valence-electron chi connectivity index (χ2n) is 4.56. The summed E-state index contributed by atoms with van der Waals surface area (Å²) < 4.78 is 5.75. The lowest BCUT2D eigenvalue weighted by molar-refractivity contribution is -0.122. The lowest BCUT2D eigenvalue weighted by atomic mass is 10.2. The third kappa shape index (κ3) is 3.82. The van der Waals surface area contributed by atoms with E-state index in [1.165, 1.54) is 0 Å². The second kappa shape index (κ2) is 6.70. The van der Waals surface area contributed by atoms with Gasteiger partial charge in [0.05, 0.1) is 11.9 Å². The fraction of sp³-hybridized carbons (Fsp3) is 0.250. The summed E-state index contributed by atoms with van der Waals surface area (Å²) in [5.41, 5.74) is 1.77. The molecule has 2 aromatic rings. The van der Waals surface area contributed by atoms with Crippen LogP contribution in [-0.4, -0.2) is 17.0 Å². The molecular formula is C16H18N2O2. The minimum atomic E-state index is -0.517. The third-order valence-electron chi connectivity index (χ3n) is 2.86. The first-order chi connectivity index (χ1) is 9.69. The van der Waals surface area contributed by atoms with E-state index < -0.39 is 6.10 Å². The fourth-order valence-electron chi connectivity index (χ4n) is 1.83. The summed E-state index contributed by atoms with van der Waals surface area (Å²) in [6.07, 6.45) is 3.35. The highest BCUT2D eigenvalue weighted by molar-refractivity contribution is 5.94. The molecule has 20 heavy (non-hydrogen) atoms. The molecule has 1 aromatic heterocycles. The van der Waals surface area contributed by atoms with Crippen molar-refractivity contribution in [3.63, 3.8) is 0 Å². The van der Waals surface area contributed by atoms with Crippen LogP contribution in [0.2, 0.25) is 0 Å². The Hall–Kier alpha value is -2.36. The molecule has 0 saturated heterocycles. The number of aromatic nitrogens is 1. The van der Waals surface area contributed by atoms with Crippen molar-refractivity contribution in [2.45, 2.75) is 26.4 Å². The summed E-state index contributed by atoms with van der Waals surface area (Å²) in [6, 6.07) is 11.2. The first-order valence-electron chi connectivity index (χ1n) is 6.63. The molecule has 1 aromatic carbocycles. The number of anilines is 1. The van der Waals surface area contributed by atoms with Crippen molar-refractivity contribution in [1.82, 2.24) is 4.98 Å². The van der Waals surface area contributed by atoms with Crippen molar-refractivity contribution in [2.24, 2.45) is 0 Å². The second-order valence-corrected chi connectivity index (χ2v) is 4.56. The molecule has 4 heteroatoms. The Morgan fingerprint density at radius 3 is 2.85 bits per heavy atom. The first-order valence-corrected chi connectivity index (χ1v) is 6.63. The van der Waals surface area contributed by atoms with E-state index in [1.54, 1.807) is 24.5 Å². The summed E-state index contributed by atoms with van der Waals surface area (Å²) in [7, 11) is 0. The number of nitrogens with zero attached hydrogens (tertiary/aromatic N) is 1. The van der Waals surface area contributed by atoms with Crippen LogP contribution in [0.3, 0.4) is 0 Å². The van der Waals surface area contributed by atoms with Crippen molar-refractivity contribution >= 4 is 11.6 Å². The zero-order valence-electron chi connectivity index (χ0n) is 11.7. The lowest BCUT2D eigenvalue weighted by Crippen LogP contribution is -2.32. The van der Waals surface area contributed by atoms with Gasteiger partial charge in [0.2, 0.25) is 0 Å². The number of amides is 1. The summed E-state index contributed by atoms with van der Waals surface area (Å²) >= 11 is 0. The normalized spacial score (nSPS) is 11.7. The number of rotatable bonds is 5. The van der Waals surface area contributed by atoms with Crippen LogP contribution in [0.5, 0.6) is 5.75 Å². The average molecular weight is 270 g/mol. The van der Waals surface area contributed by atoms with Gasteiger partial charge in [0.15, 0.2) is 6.10 Å². The molecule has 1 N–H and O–H groups in total. The number of carbonyl (C=O) groups is 1. The van der Waals surface area contributed by atoms with Crippen molar-refractivity contribution < 1.29 is 9.53 Å². The van der Waals surface area contributed by atoms with Crippen molar-refractivity contribution in [3.05, 3.63) is 54.4 Å². The maximum Gasteiger partial charge on any atom is 0.265 e. The van der Waals surface area contributed by atoms with E-state index in [9.17, 15) is 4.79 Å². The van der Waals surface area contributed by atoms with Crippen LogP contribution in [0, 0.1) is 6.92 Å². The first kappa shape index (κ1) is 14.1. The Morgan fingerprint density at radius 1 is 1.35 bits per heavy atom. The molecule has 0 aliphatic rings. The number of aryl methyl sites for hydroxylation is 1. The van der Waals surface area contributed by atoms with E-state index in [-0.39, 0.29) is 5.91 Å². The summed E-state index contributed by atoms with van der Waals surface area (Å²) in [4.78, 5) is 16.1. The zero-order chi connectivity index (χ0) is 14.4. The molecule has 1 atom stereocenters. The van der Waals surface area contributed by atoms with Crippen LogP contribution in [0.1, 0.15) is 18.9 Å². The summed E-state index contributed by atoms with van der Waals surface area (Å²) in [5.74, 6) is 0.542. The van der Waals surface area contributed by atoms with Crippen molar-refractivity contribution in [2.75, 3.05) is 5.32 Å². The summed E-state index contributed by atoms with van der Waals surface area (Å²) in [6.45, 7) is 3.91. The van der Waals surface area contributed by atoms with E-state index in [0.717, 1.165) is 5.56 Å². The molecule has 0 aliphatic carbocycles. The number of ether oxygens (including phenoxy) is 1. The highest BCUT2D eigenvalue weighted by Crippen LogP contribution is 2.16. The SMILES string of the molecule is CC[C@H](Oc1cccc(C)c1)C(=O)Nc1cccnc1. The molecule has 0 unspecified atom stereocenters. The molecule has 0 aliphatic heterocycles. The van der Waals surface area contributed by atoms with Crippen LogP contribution in [0.25, 0.3) is 0 Å². The molecule has 104 valence electrons. The highest BCUT2D eigenvalue weighted by atomic mass is 16.5. The number of pyridine rings is 1. The topological polar surface area (TPSA) is 51.2 Å². The largest absolute Gasteiger partial charge is 0.481 e. The minimum absolute atomic E-state index is 0.165. The van der Waals surface area contributed by atoms with Gasteiger partial charge in [0, 0.05) is 6.20 Å². The molecule has 0 saturated carbocycles. The van der Waals surface area contributed by atoms with E-state index >= 15 is 0 Å². The number of hydrogen-bond donors (Lipinski definition) is 1. The maximum absolute atomic E-state index is 12.2. The van der Waals surface area contributed by atoms with Crippen LogP contribution in [-0.2, 0) is 4.79 Å². The van der Waals surface area contributed by atoms with Gasteiger partial charge in [-0.1, -0.05) is 19.1 Å². The van der Waals surface area contributed by atoms with Gasteiger partial charge < -0.3 is 10.1 Å².